The standard InChI is InChI=1S/C14H18N2O5/c1-8-5-3-4-6-10(8)14(20)21-7-11(13(18)19)16-12(17)9(2)15/h3-6,9,11H,7,15H2,1-2H3,(H,16,17)(H,18,19)/t9-,11-/m0/s1. The summed E-state index contributed by atoms with van der Waals surface area (Å²) in [5, 5.41) is 11.2. The maximum atomic E-state index is 11.9. The van der Waals surface area contributed by atoms with Gasteiger partial charge in [0.15, 0.2) is 6.04 Å². The van der Waals surface area contributed by atoms with E-state index >= 15 is 0 Å². The van der Waals surface area contributed by atoms with Crippen LogP contribution in [0.3, 0.4) is 0 Å². The van der Waals surface area contributed by atoms with Gasteiger partial charge >= 0.3 is 11.9 Å². The molecule has 0 aliphatic rings. The number of nitrogens with one attached hydrogen (secondary N) is 1. The second-order valence-electron chi connectivity index (χ2n) is 4.60. The highest BCUT2D eigenvalue weighted by Crippen LogP contribution is 2.08. The molecule has 1 aromatic rings. The van der Waals surface area contributed by atoms with Gasteiger partial charge in [0.05, 0.1) is 11.6 Å². The monoisotopic (exact) mass is 294 g/mol. The minimum atomic E-state index is -1.34. The molecule has 2 atom stereocenters. The van der Waals surface area contributed by atoms with Crippen LogP contribution in [0.4, 0.5) is 0 Å². The Morgan fingerprint density at radius 2 is 1.95 bits per heavy atom. The van der Waals surface area contributed by atoms with E-state index in [0.29, 0.717) is 11.1 Å². The Kier molecular flexibility index (Phi) is 5.86. The maximum Gasteiger partial charge on any atom is 0.338 e. The number of esters is 1. The molecular formula is C14H18N2O5. The number of benzene rings is 1. The summed E-state index contributed by atoms with van der Waals surface area (Å²) in [6.45, 7) is 2.69. The number of hydrogen-bond donors (Lipinski definition) is 3. The van der Waals surface area contributed by atoms with Crippen molar-refractivity contribution < 1.29 is 24.2 Å². The van der Waals surface area contributed by atoms with Gasteiger partial charge in [-0.25, -0.2) is 9.59 Å². The number of carboxylic acid groups (broad SMARTS) is 1. The zero-order chi connectivity index (χ0) is 16.0. The molecule has 1 rings (SSSR count). The van der Waals surface area contributed by atoms with Gasteiger partial charge in [-0.3, -0.25) is 4.79 Å². The molecule has 0 unspecified atom stereocenters. The summed E-state index contributed by atoms with van der Waals surface area (Å²) in [4.78, 5) is 34.3. The topological polar surface area (TPSA) is 119 Å². The number of ether oxygens (including phenoxy) is 1. The molecule has 4 N–H and O–H groups in total. The molecule has 7 nitrogen and oxygen atoms in total. The van der Waals surface area contributed by atoms with Gasteiger partial charge in [0, 0.05) is 0 Å². The first-order valence-corrected chi connectivity index (χ1v) is 6.34. The second-order valence-corrected chi connectivity index (χ2v) is 4.60. The number of aryl methyl sites for hydroxylation is 1. The number of carboxylic acids is 1. The molecule has 0 heterocycles. The Bertz CT molecular complexity index is 542. The highest BCUT2D eigenvalue weighted by atomic mass is 16.5. The summed E-state index contributed by atoms with van der Waals surface area (Å²) in [6.07, 6.45) is 0. The van der Waals surface area contributed by atoms with Crippen LogP contribution in [0.5, 0.6) is 0 Å². The van der Waals surface area contributed by atoms with Crippen molar-refractivity contribution in [1.29, 1.82) is 0 Å². The van der Waals surface area contributed by atoms with E-state index in [0.717, 1.165) is 0 Å². The Morgan fingerprint density at radius 1 is 1.33 bits per heavy atom. The molecule has 7 heteroatoms. The van der Waals surface area contributed by atoms with Crippen LogP contribution in [0.15, 0.2) is 24.3 Å². The zero-order valence-electron chi connectivity index (χ0n) is 11.8. The molecule has 0 aliphatic heterocycles. The number of hydrogen-bond acceptors (Lipinski definition) is 5. The first-order chi connectivity index (χ1) is 9.82. The summed E-state index contributed by atoms with van der Waals surface area (Å²) in [5.74, 6) is -2.58. The molecule has 1 aromatic carbocycles. The van der Waals surface area contributed by atoms with Crippen molar-refractivity contribution in [2.45, 2.75) is 25.9 Å². The van der Waals surface area contributed by atoms with Crippen molar-refractivity contribution >= 4 is 17.8 Å². The number of carbonyl (C=O) groups is 3. The summed E-state index contributed by atoms with van der Waals surface area (Å²) in [6, 6.07) is 4.58. The lowest BCUT2D eigenvalue weighted by Crippen LogP contribution is -2.49. The highest BCUT2D eigenvalue weighted by Gasteiger charge is 2.23. The van der Waals surface area contributed by atoms with Gasteiger partial charge in [-0.15, -0.1) is 0 Å². The van der Waals surface area contributed by atoms with Gasteiger partial charge in [-0.1, -0.05) is 18.2 Å². The van der Waals surface area contributed by atoms with Crippen molar-refractivity contribution in [3.05, 3.63) is 35.4 Å². The molecule has 0 saturated carbocycles. The summed E-state index contributed by atoms with van der Waals surface area (Å²) >= 11 is 0. The summed E-state index contributed by atoms with van der Waals surface area (Å²) in [5.41, 5.74) is 6.40. The van der Waals surface area contributed by atoms with Crippen molar-refractivity contribution in [2.24, 2.45) is 5.73 Å². The molecule has 0 aromatic heterocycles. The molecule has 0 radical (unpaired) electrons. The lowest BCUT2D eigenvalue weighted by atomic mass is 10.1. The fourth-order valence-electron chi connectivity index (χ4n) is 1.52. The number of amides is 1. The molecular weight excluding hydrogens is 276 g/mol. The SMILES string of the molecule is Cc1ccccc1C(=O)OC[C@H](NC(=O)[C@H](C)N)C(=O)O. The zero-order valence-corrected chi connectivity index (χ0v) is 11.8. The Labute approximate surface area is 122 Å². The maximum absolute atomic E-state index is 11.9. The molecule has 0 bridgehead atoms. The van der Waals surface area contributed by atoms with E-state index in [9.17, 15) is 14.4 Å². The molecule has 0 fully saturated rings. The van der Waals surface area contributed by atoms with E-state index in [-0.39, 0.29) is 0 Å². The molecule has 1 amide bonds. The number of aliphatic carboxylic acids is 1. The van der Waals surface area contributed by atoms with Crippen LogP contribution in [0.2, 0.25) is 0 Å². The first kappa shape index (κ1) is 16.6. The number of rotatable bonds is 6. The van der Waals surface area contributed by atoms with Gasteiger partial charge in [0.25, 0.3) is 0 Å². The lowest BCUT2D eigenvalue weighted by Gasteiger charge is -2.16. The average Bonchev–Trinajstić information content (AvgIpc) is 2.42. The van der Waals surface area contributed by atoms with Crippen LogP contribution in [-0.2, 0) is 14.3 Å². The quantitative estimate of drug-likeness (QED) is 0.639. The second kappa shape index (κ2) is 7.39. The van der Waals surface area contributed by atoms with E-state index < -0.39 is 36.5 Å². The fourth-order valence-corrected chi connectivity index (χ4v) is 1.52. The predicted molar refractivity (Wildman–Crippen MR) is 74.7 cm³/mol. The van der Waals surface area contributed by atoms with Crippen LogP contribution < -0.4 is 11.1 Å². The Hall–Kier alpha value is -2.41. The van der Waals surface area contributed by atoms with Gasteiger partial charge < -0.3 is 20.9 Å². The molecule has 0 saturated heterocycles. The third kappa shape index (κ3) is 4.88. The third-order valence-corrected chi connectivity index (χ3v) is 2.77. The van der Waals surface area contributed by atoms with Crippen LogP contribution >= 0.6 is 0 Å². The van der Waals surface area contributed by atoms with E-state index in [4.69, 9.17) is 15.6 Å². The predicted octanol–water partition coefficient (Wildman–Crippen LogP) is 0.0684. The fraction of sp³-hybridized carbons (Fsp3) is 0.357. The van der Waals surface area contributed by atoms with Crippen molar-refractivity contribution in [3.63, 3.8) is 0 Å². The van der Waals surface area contributed by atoms with Gasteiger partial charge in [-0.05, 0) is 25.5 Å². The number of nitrogens with two attached hydrogens (primary N) is 1. The number of carbonyl (C=O) groups excluding carboxylic acids is 2. The molecule has 114 valence electrons. The van der Waals surface area contributed by atoms with Crippen LogP contribution in [0.1, 0.15) is 22.8 Å². The van der Waals surface area contributed by atoms with E-state index in [1.165, 1.54) is 6.92 Å². The minimum Gasteiger partial charge on any atom is -0.480 e. The van der Waals surface area contributed by atoms with Gasteiger partial charge in [0.1, 0.15) is 6.61 Å². The van der Waals surface area contributed by atoms with E-state index in [1.807, 2.05) is 0 Å². The molecule has 0 spiro atoms. The van der Waals surface area contributed by atoms with Gasteiger partial charge in [0.2, 0.25) is 5.91 Å². The minimum absolute atomic E-state index is 0.347. The van der Waals surface area contributed by atoms with Gasteiger partial charge in [-0.2, -0.15) is 0 Å². The summed E-state index contributed by atoms with van der Waals surface area (Å²) in [7, 11) is 0. The largest absolute Gasteiger partial charge is 0.480 e. The summed E-state index contributed by atoms with van der Waals surface area (Å²) < 4.78 is 4.94. The third-order valence-electron chi connectivity index (χ3n) is 2.77. The molecule has 0 aliphatic carbocycles. The Morgan fingerprint density at radius 3 is 2.48 bits per heavy atom. The van der Waals surface area contributed by atoms with Crippen LogP contribution in [0.25, 0.3) is 0 Å². The average molecular weight is 294 g/mol. The van der Waals surface area contributed by atoms with Crippen molar-refractivity contribution in [3.8, 4) is 0 Å². The Balaban J connectivity index is 2.66. The molecule has 21 heavy (non-hydrogen) atoms. The smallest absolute Gasteiger partial charge is 0.338 e. The lowest BCUT2D eigenvalue weighted by molar-refractivity contribution is -0.143. The van der Waals surface area contributed by atoms with Crippen molar-refractivity contribution in [2.75, 3.05) is 6.61 Å². The normalized spacial score (nSPS) is 13.1. The van der Waals surface area contributed by atoms with E-state index in [1.54, 1.807) is 31.2 Å². The van der Waals surface area contributed by atoms with Crippen molar-refractivity contribution in [1.82, 2.24) is 5.32 Å². The van der Waals surface area contributed by atoms with Crippen LogP contribution in [0, 0.1) is 6.92 Å². The first-order valence-electron chi connectivity index (χ1n) is 6.34. The highest BCUT2D eigenvalue weighted by molar-refractivity contribution is 5.91. The van der Waals surface area contributed by atoms with E-state index in [2.05, 4.69) is 5.32 Å². The van der Waals surface area contributed by atoms with Crippen LogP contribution in [-0.4, -0.2) is 41.6 Å².